The second-order valence-corrected chi connectivity index (χ2v) is 3.90. The second kappa shape index (κ2) is 5.71. The quantitative estimate of drug-likeness (QED) is 0.457. The van der Waals surface area contributed by atoms with Gasteiger partial charge in [-0.25, -0.2) is 0 Å². The molecular formula is C15H12N2O. The van der Waals surface area contributed by atoms with Crippen molar-refractivity contribution < 1.29 is 9.58 Å². The molecule has 88 valence electrons. The van der Waals surface area contributed by atoms with Crippen LogP contribution >= 0.6 is 0 Å². The molecule has 3 nitrogen and oxygen atoms in total. The summed E-state index contributed by atoms with van der Waals surface area (Å²) in [6.07, 6.45) is 0.231. The Morgan fingerprint density at radius 2 is 1.50 bits per heavy atom. The van der Waals surface area contributed by atoms with E-state index in [1.54, 1.807) is 24.3 Å². The Bertz CT molecular complexity index is 584. The van der Waals surface area contributed by atoms with Crippen molar-refractivity contribution in [2.45, 2.75) is 6.42 Å². The summed E-state index contributed by atoms with van der Waals surface area (Å²) in [7, 11) is 0. The van der Waals surface area contributed by atoms with E-state index in [-0.39, 0.29) is 17.9 Å². The van der Waals surface area contributed by atoms with Crippen molar-refractivity contribution in [1.82, 2.24) is 0 Å². The third kappa shape index (κ3) is 2.78. The molecule has 0 amide bonds. The smallest absolute Gasteiger partial charge is 0.361 e. The number of Topliss-reactive ketones (excluding diaryl/α,β-unsaturated/α-hetero) is 1. The first-order valence-electron chi connectivity index (χ1n) is 5.66. The molecule has 0 N–H and O–H groups in total. The lowest BCUT2D eigenvalue weighted by Crippen LogP contribution is -2.18. The molecule has 2 rings (SSSR count). The number of carbonyl (C=O) groups is 1. The van der Waals surface area contributed by atoms with Crippen LogP contribution in [0, 0.1) is 0 Å². The topological polar surface area (TPSA) is 53.5 Å². The summed E-state index contributed by atoms with van der Waals surface area (Å²) < 4.78 is 0. The van der Waals surface area contributed by atoms with Gasteiger partial charge in [0.2, 0.25) is 5.78 Å². The number of benzene rings is 2. The van der Waals surface area contributed by atoms with Crippen molar-refractivity contribution in [3.8, 4) is 0 Å². The molecule has 18 heavy (non-hydrogen) atoms. The summed E-state index contributed by atoms with van der Waals surface area (Å²) in [5.74, 6) is -0.199. The van der Waals surface area contributed by atoms with Crippen LogP contribution < -0.4 is 0 Å². The average molecular weight is 236 g/mol. The molecule has 0 radical (unpaired) electrons. The molecule has 0 aliphatic heterocycles. The van der Waals surface area contributed by atoms with Crippen LogP contribution in [-0.2, 0) is 11.2 Å². The lowest BCUT2D eigenvalue weighted by Gasteiger charge is -1.98. The number of rotatable bonds is 4. The Hall–Kier alpha value is -2.51. The van der Waals surface area contributed by atoms with Gasteiger partial charge in [0.15, 0.2) is 0 Å². The minimum Gasteiger partial charge on any atom is -0.361 e. The maximum Gasteiger partial charge on any atom is 0.365 e. The average Bonchev–Trinajstić information content (AvgIpc) is 2.42. The first-order valence-corrected chi connectivity index (χ1v) is 5.66. The number of nitrogens with zero attached hydrogens (tertiary/aromatic N) is 2. The monoisotopic (exact) mass is 236 g/mol. The van der Waals surface area contributed by atoms with E-state index < -0.39 is 0 Å². The van der Waals surface area contributed by atoms with E-state index in [0.29, 0.717) is 5.56 Å². The van der Waals surface area contributed by atoms with Crippen LogP contribution in [0.2, 0.25) is 0 Å². The molecule has 0 fully saturated rings. The molecule has 0 unspecified atom stereocenters. The summed E-state index contributed by atoms with van der Waals surface area (Å²) in [6.45, 7) is 0. The zero-order valence-electron chi connectivity index (χ0n) is 9.78. The molecule has 0 aliphatic carbocycles. The predicted octanol–water partition coefficient (Wildman–Crippen LogP) is 2.52. The molecule has 3 heteroatoms. The van der Waals surface area contributed by atoms with Gasteiger partial charge in [-0.2, -0.15) is 4.79 Å². The lowest BCUT2D eigenvalue weighted by molar-refractivity contribution is -0.116. The van der Waals surface area contributed by atoms with Crippen molar-refractivity contribution in [3.05, 3.63) is 77.3 Å². The highest BCUT2D eigenvalue weighted by molar-refractivity contribution is 6.44. The molecule has 0 spiro atoms. The summed E-state index contributed by atoms with van der Waals surface area (Å²) in [5.41, 5.74) is 10.6. The van der Waals surface area contributed by atoms with Crippen LogP contribution in [-0.4, -0.2) is 16.3 Å². The van der Waals surface area contributed by atoms with Crippen molar-refractivity contribution in [2.75, 3.05) is 0 Å². The van der Waals surface area contributed by atoms with E-state index in [0.717, 1.165) is 5.56 Å². The zero-order chi connectivity index (χ0) is 12.8. The standard InChI is InChI=1S/C15H12N2O/c16-17-15(13-9-5-2-6-10-13)14(18)11-12-7-3-1-4-8-12/h1-10H,11H2. The van der Waals surface area contributed by atoms with Crippen molar-refractivity contribution >= 4 is 11.5 Å². The van der Waals surface area contributed by atoms with E-state index in [9.17, 15) is 4.79 Å². The highest BCUT2D eigenvalue weighted by atomic mass is 16.1. The highest BCUT2D eigenvalue weighted by Gasteiger charge is 2.22. The van der Waals surface area contributed by atoms with Crippen molar-refractivity contribution in [3.63, 3.8) is 0 Å². The fourth-order valence-electron chi connectivity index (χ4n) is 1.74. The molecule has 2 aromatic carbocycles. The van der Waals surface area contributed by atoms with Gasteiger partial charge in [-0.15, -0.1) is 0 Å². The van der Waals surface area contributed by atoms with Gasteiger partial charge in [0.05, 0.1) is 5.56 Å². The normalized spacial score (nSPS) is 9.56. The van der Waals surface area contributed by atoms with Crippen molar-refractivity contribution in [1.29, 1.82) is 0 Å². The largest absolute Gasteiger partial charge is 0.365 e. The Kier molecular flexibility index (Phi) is 3.79. The van der Waals surface area contributed by atoms with Gasteiger partial charge in [-0.05, 0) is 17.7 Å². The molecule has 0 aromatic heterocycles. The zero-order valence-corrected chi connectivity index (χ0v) is 9.78. The molecule has 2 aromatic rings. The van der Waals surface area contributed by atoms with Crippen LogP contribution in [0.25, 0.3) is 5.53 Å². The summed E-state index contributed by atoms with van der Waals surface area (Å²) in [6, 6.07) is 18.3. The van der Waals surface area contributed by atoms with Crippen LogP contribution in [0.4, 0.5) is 0 Å². The fraction of sp³-hybridized carbons (Fsp3) is 0.0667. The van der Waals surface area contributed by atoms with E-state index >= 15 is 0 Å². The Balaban J connectivity index is 2.21. The van der Waals surface area contributed by atoms with E-state index in [2.05, 4.69) is 4.79 Å². The Morgan fingerprint density at radius 3 is 2.06 bits per heavy atom. The maximum absolute atomic E-state index is 12.1. The van der Waals surface area contributed by atoms with Crippen LogP contribution in [0.1, 0.15) is 11.1 Å². The number of hydrogen-bond acceptors (Lipinski definition) is 1. The number of ketones is 1. The molecule has 0 aliphatic rings. The van der Waals surface area contributed by atoms with Gasteiger partial charge in [-0.3, -0.25) is 4.79 Å². The van der Waals surface area contributed by atoms with Crippen LogP contribution in [0.3, 0.4) is 0 Å². The first-order chi connectivity index (χ1) is 8.81. The van der Waals surface area contributed by atoms with Crippen LogP contribution in [0.5, 0.6) is 0 Å². The van der Waals surface area contributed by atoms with Crippen LogP contribution in [0.15, 0.2) is 60.7 Å². The van der Waals surface area contributed by atoms with Crippen molar-refractivity contribution in [2.24, 2.45) is 0 Å². The molecule has 0 saturated carbocycles. The molecule has 0 saturated heterocycles. The van der Waals surface area contributed by atoms with E-state index in [4.69, 9.17) is 5.53 Å². The SMILES string of the molecule is [N-]=[N+]=C(C(=O)Cc1ccccc1)c1ccccc1. The number of hydrogen-bond donors (Lipinski definition) is 0. The summed E-state index contributed by atoms with van der Waals surface area (Å²) >= 11 is 0. The van der Waals surface area contributed by atoms with Gasteiger partial charge < -0.3 is 5.53 Å². The van der Waals surface area contributed by atoms with Gasteiger partial charge in [0.1, 0.15) is 0 Å². The minimum atomic E-state index is -0.199. The molecule has 0 bridgehead atoms. The van der Waals surface area contributed by atoms with Gasteiger partial charge in [-0.1, -0.05) is 48.5 Å². The third-order valence-electron chi connectivity index (χ3n) is 2.62. The molecule has 0 heterocycles. The Morgan fingerprint density at radius 1 is 0.944 bits per heavy atom. The van der Waals surface area contributed by atoms with Gasteiger partial charge in [0, 0.05) is 6.42 Å². The fourth-order valence-corrected chi connectivity index (χ4v) is 1.74. The minimum absolute atomic E-state index is 0.0967. The predicted molar refractivity (Wildman–Crippen MR) is 69.3 cm³/mol. The van der Waals surface area contributed by atoms with Gasteiger partial charge >= 0.3 is 5.71 Å². The third-order valence-corrected chi connectivity index (χ3v) is 2.62. The lowest BCUT2D eigenvalue weighted by atomic mass is 10.0. The molecular weight excluding hydrogens is 224 g/mol. The van der Waals surface area contributed by atoms with E-state index in [1.165, 1.54) is 0 Å². The number of carbonyl (C=O) groups excluding carboxylic acids is 1. The van der Waals surface area contributed by atoms with E-state index in [1.807, 2.05) is 36.4 Å². The first kappa shape index (κ1) is 12.0. The summed E-state index contributed by atoms with van der Waals surface area (Å²) in [4.78, 5) is 15.2. The Labute approximate surface area is 105 Å². The molecule has 0 atom stereocenters. The van der Waals surface area contributed by atoms with Gasteiger partial charge in [0.25, 0.3) is 0 Å². The highest BCUT2D eigenvalue weighted by Crippen LogP contribution is 2.05. The second-order valence-electron chi connectivity index (χ2n) is 3.90. The maximum atomic E-state index is 12.1. The summed E-state index contributed by atoms with van der Waals surface area (Å²) in [5, 5.41) is 0.